The monoisotopic (exact) mass is 416 g/mol. The maximum atomic E-state index is 13.5. The van der Waals surface area contributed by atoms with E-state index in [1.54, 1.807) is 55.7 Å². The van der Waals surface area contributed by atoms with Gasteiger partial charge in [-0.05, 0) is 43.9 Å². The fourth-order valence-electron chi connectivity index (χ4n) is 3.64. The third-order valence-electron chi connectivity index (χ3n) is 5.31. The Bertz CT molecular complexity index is 932. The topological polar surface area (TPSA) is 81.8 Å². The summed E-state index contributed by atoms with van der Waals surface area (Å²) in [5, 5.41) is 0. The second-order valence-electron chi connectivity index (χ2n) is 8.86. The van der Waals surface area contributed by atoms with Crippen LogP contribution in [0.4, 0.5) is 0 Å². The molecular weight excluding hydrogens is 384 g/mol. The van der Waals surface area contributed by atoms with Gasteiger partial charge < -0.3 is 18.6 Å². The summed E-state index contributed by atoms with van der Waals surface area (Å²) in [6.07, 6.45) is 1.84. The number of nitrogens with zero attached hydrogens (tertiary/aromatic N) is 2. The van der Waals surface area contributed by atoms with Crippen LogP contribution in [-0.2, 0) is 23.1 Å². The van der Waals surface area contributed by atoms with Crippen LogP contribution in [0.2, 0.25) is 0 Å². The van der Waals surface area contributed by atoms with Gasteiger partial charge in [-0.3, -0.25) is 9.59 Å². The molecule has 164 valence electrons. The smallest absolute Gasteiger partial charge is 0.354 e. The number of hydrogen-bond acceptors (Lipinski definition) is 5. The molecule has 0 radical (unpaired) electrons. The fraction of sp³-hybridized carbons (Fsp3) is 0.522. The van der Waals surface area contributed by atoms with E-state index in [0.29, 0.717) is 34.7 Å². The third-order valence-corrected chi connectivity index (χ3v) is 5.31. The van der Waals surface area contributed by atoms with Crippen molar-refractivity contribution in [2.24, 2.45) is 12.5 Å². The summed E-state index contributed by atoms with van der Waals surface area (Å²) in [6, 6.07) is 2.81. The van der Waals surface area contributed by atoms with Gasteiger partial charge in [-0.15, -0.1) is 0 Å². The summed E-state index contributed by atoms with van der Waals surface area (Å²) in [5.41, 5.74) is 1.77. The molecule has 2 aromatic rings. The number of ether oxygens (including phenoxy) is 1. The standard InChI is InChI=1S/C23H32N2O5/c1-14-19(15(2)24(7)20(14)22(28)29-8)21(27)16(3)25(13-17-10-9-11-30-17)18(26)12-23(4,5)6/h9-11,16H,12-13H2,1-8H3/t16-/m0/s1. The van der Waals surface area contributed by atoms with Gasteiger partial charge in [-0.1, -0.05) is 20.8 Å². The van der Waals surface area contributed by atoms with Gasteiger partial charge in [0.15, 0.2) is 5.78 Å². The van der Waals surface area contributed by atoms with E-state index in [2.05, 4.69) is 0 Å². The second-order valence-corrected chi connectivity index (χ2v) is 8.86. The number of aromatic nitrogens is 1. The lowest BCUT2D eigenvalue weighted by Gasteiger charge is -2.30. The van der Waals surface area contributed by atoms with Gasteiger partial charge in [0.05, 0.1) is 26.0 Å². The highest BCUT2D eigenvalue weighted by Crippen LogP contribution is 2.27. The first kappa shape index (κ1) is 23.4. The number of amides is 1. The molecular formula is C23H32N2O5. The van der Waals surface area contributed by atoms with Crippen molar-refractivity contribution >= 4 is 17.7 Å². The Morgan fingerprint density at radius 1 is 1.23 bits per heavy atom. The molecule has 2 aromatic heterocycles. The molecule has 2 heterocycles. The van der Waals surface area contributed by atoms with Crippen molar-refractivity contribution in [1.29, 1.82) is 0 Å². The van der Waals surface area contributed by atoms with Crippen LogP contribution in [0, 0.1) is 19.3 Å². The molecule has 1 atom stereocenters. The molecule has 1 amide bonds. The zero-order valence-corrected chi connectivity index (χ0v) is 19.2. The van der Waals surface area contributed by atoms with Gasteiger partial charge in [0.2, 0.25) is 5.91 Å². The van der Waals surface area contributed by atoms with Crippen LogP contribution in [0.25, 0.3) is 0 Å². The Kier molecular flexibility index (Phi) is 6.95. The van der Waals surface area contributed by atoms with E-state index in [0.717, 1.165) is 0 Å². The Hall–Kier alpha value is -2.83. The van der Waals surface area contributed by atoms with Crippen LogP contribution in [0.1, 0.15) is 72.0 Å². The molecule has 0 fully saturated rings. The fourth-order valence-corrected chi connectivity index (χ4v) is 3.64. The van der Waals surface area contributed by atoms with Gasteiger partial charge in [0.1, 0.15) is 11.5 Å². The minimum atomic E-state index is -0.727. The maximum Gasteiger partial charge on any atom is 0.354 e. The Balaban J connectivity index is 2.44. The summed E-state index contributed by atoms with van der Waals surface area (Å²) in [7, 11) is 3.03. The Morgan fingerprint density at radius 3 is 2.37 bits per heavy atom. The molecule has 0 aromatic carbocycles. The molecule has 7 nitrogen and oxygen atoms in total. The highest BCUT2D eigenvalue weighted by atomic mass is 16.5. The Labute approximate surface area is 178 Å². The summed E-state index contributed by atoms with van der Waals surface area (Å²) in [4.78, 5) is 40.4. The predicted molar refractivity (Wildman–Crippen MR) is 113 cm³/mol. The number of carbonyl (C=O) groups is 3. The number of hydrogen-bond donors (Lipinski definition) is 0. The number of furan rings is 1. The largest absolute Gasteiger partial charge is 0.467 e. The van der Waals surface area contributed by atoms with E-state index in [9.17, 15) is 14.4 Å². The zero-order valence-electron chi connectivity index (χ0n) is 19.2. The van der Waals surface area contributed by atoms with Gasteiger partial charge in [0.25, 0.3) is 0 Å². The summed E-state index contributed by atoms with van der Waals surface area (Å²) in [5.74, 6) is -0.238. The summed E-state index contributed by atoms with van der Waals surface area (Å²) < 4.78 is 12.0. The minimum absolute atomic E-state index is 0.126. The molecule has 30 heavy (non-hydrogen) atoms. The third kappa shape index (κ3) is 4.83. The molecule has 0 aliphatic rings. The quantitative estimate of drug-likeness (QED) is 0.502. The normalized spacial score (nSPS) is 12.5. The number of ketones is 1. The molecule has 0 bridgehead atoms. The molecule has 0 aliphatic heterocycles. The van der Waals surface area contributed by atoms with Crippen molar-refractivity contribution in [2.75, 3.05) is 7.11 Å². The van der Waals surface area contributed by atoms with E-state index in [4.69, 9.17) is 9.15 Å². The van der Waals surface area contributed by atoms with Crippen LogP contribution >= 0.6 is 0 Å². The lowest BCUT2D eigenvalue weighted by Crippen LogP contribution is -2.44. The first-order valence-electron chi connectivity index (χ1n) is 9.99. The lowest BCUT2D eigenvalue weighted by molar-refractivity contribution is -0.135. The molecule has 2 rings (SSSR count). The number of Topliss-reactive ketones (excluding diaryl/α,β-unsaturated/α-hetero) is 1. The summed E-state index contributed by atoms with van der Waals surface area (Å²) in [6.45, 7) is 11.4. The number of esters is 1. The van der Waals surface area contributed by atoms with Gasteiger partial charge in [0, 0.05) is 24.7 Å². The number of rotatable bonds is 7. The van der Waals surface area contributed by atoms with Crippen molar-refractivity contribution in [3.8, 4) is 0 Å². The van der Waals surface area contributed by atoms with Crippen LogP contribution in [0.5, 0.6) is 0 Å². The Morgan fingerprint density at radius 2 is 1.87 bits per heavy atom. The van der Waals surface area contributed by atoms with E-state index in [1.807, 2.05) is 20.8 Å². The minimum Gasteiger partial charge on any atom is -0.467 e. The first-order chi connectivity index (χ1) is 13.9. The molecule has 7 heteroatoms. The van der Waals surface area contributed by atoms with Crippen molar-refractivity contribution in [3.63, 3.8) is 0 Å². The lowest BCUT2D eigenvalue weighted by atomic mass is 9.91. The molecule has 0 spiro atoms. The highest BCUT2D eigenvalue weighted by molar-refractivity contribution is 6.06. The van der Waals surface area contributed by atoms with Crippen molar-refractivity contribution in [2.45, 2.75) is 60.5 Å². The van der Waals surface area contributed by atoms with Gasteiger partial charge in [-0.2, -0.15) is 0 Å². The van der Waals surface area contributed by atoms with E-state index < -0.39 is 12.0 Å². The van der Waals surface area contributed by atoms with E-state index in [1.165, 1.54) is 7.11 Å². The first-order valence-corrected chi connectivity index (χ1v) is 9.99. The molecule has 0 N–H and O–H groups in total. The van der Waals surface area contributed by atoms with Gasteiger partial charge in [-0.25, -0.2) is 4.79 Å². The van der Waals surface area contributed by atoms with Gasteiger partial charge >= 0.3 is 5.97 Å². The van der Waals surface area contributed by atoms with Crippen LogP contribution < -0.4 is 0 Å². The molecule has 0 unspecified atom stereocenters. The second kappa shape index (κ2) is 8.90. The SMILES string of the molecule is COC(=O)c1c(C)c(C(=O)[C@H](C)N(Cc2ccco2)C(=O)CC(C)(C)C)c(C)n1C. The van der Waals surface area contributed by atoms with E-state index in [-0.39, 0.29) is 23.7 Å². The van der Waals surface area contributed by atoms with Crippen molar-refractivity contribution in [1.82, 2.24) is 9.47 Å². The van der Waals surface area contributed by atoms with E-state index >= 15 is 0 Å². The average Bonchev–Trinajstić information content (AvgIpc) is 3.23. The number of methoxy groups -OCH3 is 1. The predicted octanol–water partition coefficient (Wildman–Crippen LogP) is 4.06. The highest BCUT2D eigenvalue weighted by Gasteiger charge is 2.33. The molecule has 0 saturated carbocycles. The van der Waals surface area contributed by atoms with Crippen LogP contribution in [-0.4, -0.2) is 40.3 Å². The van der Waals surface area contributed by atoms with Crippen molar-refractivity contribution < 1.29 is 23.5 Å². The van der Waals surface area contributed by atoms with Crippen LogP contribution in [0.15, 0.2) is 22.8 Å². The summed E-state index contributed by atoms with van der Waals surface area (Å²) >= 11 is 0. The molecule has 0 saturated heterocycles. The molecule has 0 aliphatic carbocycles. The van der Waals surface area contributed by atoms with Crippen molar-refractivity contribution in [3.05, 3.63) is 46.7 Å². The van der Waals surface area contributed by atoms with Crippen LogP contribution in [0.3, 0.4) is 0 Å². The maximum absolute atomic E-state index is 13.5. The average molecular weight is 417 g/mol. The number of carbonyl (C=O) groups excluding carboxylic acids is 3. The zero-order chi connectivity index (χ0) is 22.8.